The number of hydrogen-bond acceptors (Lipinski definition) is 5. The molecule has 0 bridgehead atoms. The molecule has 2 aromatic heterocycles. The molecular weight excluding hydrogens is 505 g/mol. The molecule has 36 heavy (non-hydrogen) atoms. The van der Waals surface area contributed by atoms with Gasteiger partial charge in [-0.25, -0.2) is 4.79 Å². The van der Waals surface area contributed by atoms with Crippen LogP contribution in [0.5, 0.6) is 0 Å². The van der Waals surface area contributed by atoms with Gasteiger partial charge < -0.3 is 15.6 Å². The first-order valence-corrected chi connectivity index (χ1v) is 11.4. The van der Waals surface area contributed by atoms with Gasteiger partial charge in [0.25, 0.3) is 5.91 Å². The summed E-state index contributed by atoms with van der Waals surface area (Å²) in [6.07, 6.45) is 0.172. The van der Waals surface area contributed by atoms with Crippen LogP contribution in [-0.4, -0.2) is 26.9 Å². The summed E-state index contributed by atoms with van der Waals surface area (Å²) in [7, 11) is 0. The van der Waals surface area contributed by atoms with E-state index in [1.54, 1.807) is 60.7 Å². The minimum atomic E-state index is -0.733. The standard InChI is InChI=1S/C25H17Cl2N5O4/c26-15-6-4-13(5-7-15)10-21(33)28-19-3-1-2-14-11-20(29-22(14)19)24(34)30-18-9-8-16(27)12-17(18)23-31-25(35)36-32-23/h1-9,11-12,29H,10H2,(H,28,33)(H,30,34)(H,31,32,35). The zero-order chi connectivity index (χ0) is 25.2. The molecule has 5 aromatic rings. The number of halogens is 2. The number of aromatic nitrogens is 3. The van der Waals surface area contributed by atoms with E-state index < -0.39 is 11.7 Å². The SMILES string of the molecule is O=C(Cc1ccc(Cl)cc1)Nc1cccc2cc(C(=O)Nc3ccc(Cl)cc3-c3noc(=O)[nH]3)[nH]c12. The zero-order valence-corrected chi connectivity index (χ0v) is 19.9. The first-order valence-electron chi connectivity index (χ1n) is 10.7. The first-order chi connectivity index (χ1) is 17.4. The molecule has 0 spiro atoms. The highest BCUT2D eigenvalue weighted by Gasteiger charge is 2.17. The average molecular weight is 522 g/mol. The fourth-order valence-electron chi connectivity index (χ4n) is 3.72. The van der Waals surface area contributed by atoms with E-state index in [-0.39, 0.29) is 23.8 Å². The Hall–Kier alpha value is -4.34. The van der Waals surface area contributed by atoms with Crippen molar-refractivity contribution in [3.05, 3.63) is 98.6 Å². The van der Waals surface area contributed by atoms with Crippen LogP contribution in [0.1, 0.15) is 16.1 Å². The topological polar surface area (TPSA) is 133 Å². The molecule has 0 fully saturated rings. The van der Waals surface area contributed by atoms with Gasteiger partial charge in [0.1, 0.15) is 5.69 Å². The second-order valence-corrected chi connectivity index (χ2v) is 8.76. The van der Waals surface area contributed by atoms with Crippen molar-refractivity contribution >= 4 is 57.3 Å². The number of anilines is 2. The number of fused-ring (bicyclic) bond motifs is 1. The number of carbonyl (C=O) groups is 2. The smallest absolute Gasteiger partial charge is 0.349 e. The van der Waals surface area contributed by atoms with E-state index in [0.29, 0.717) is 32.5 Å². The lowest BCUT2D eigenvalue weighted by Gasteiger charge is -2.09. The fourth-order valence-corrected chi connectivity index (χ4v) is 4.02. The lowest BCUT2D eigenvalue weighted by Crippen LogP contribution is -2.15. The third kappa shape index (κ3) is 5.02. The van der Waals surface area contributed by atoms with Gasteiger partial charge in [-0.3, -0.25) is 19.1 Å². The second kappa shape index (κ2) is 9.73. The second-order valence-electron chi connectivity index (χ2n) is 7.89. The van der Waals surface area contributed by atoms with Gasteiger partial charge in [-0.15, -0.1) is 0 Å². The van der Waals surface area contributed by atoms with Gasteiger partial charge in [0, 0.05) is 21.0 Å². The summed E-state index contributed by atoms with van der Waals surface area (Å²) in [5.41, 5.74) is 2.97. The lowest BCUT2D eigenvalue weighted by atomic mass is 10.1. The Morgan fingerprint density at radius 3 is 2.42 bits per heavy atom. The number of nitrogens with zero attached hydrogens (tertiary/aromatic N) is 1. The number of para-hydroxylation sites is 1. The highest BCUT2D eigenvalue weighted by atomic mass is 35.5. The third-order valence-corrected chi connectivity index (χ3v) is 5.87. The summed E-state index contributed by atoms with van der Waals surface area (Å²) >= 11 is 12.0. The maximum Gasteiger partial charge on any atom is 0.439 e. The third-order valence-electron chi connectivity index (χ3n) is 5.38. The Kier molecular flexibility index (Phi) is 6.32. The summed E-state index contributed by atoms with van der Waals surface area (Å²) < 4.78 is 4.57. The average Bonchev–Trinajstić information content (AvgIpc) is 3.49. The molecule has 2 amide bonds. The molecule has 0 aliphatic rings. The van der Waals surface area contributed by atoms with Crippen molar-refractivity contribution in [1.82, 2.24) is 15.1 Å². The van der Waals surface area contributed by atoms with Crippen LogP contribution >= 0.6 is 23.2 Å². The highest BCUT2D eigenvalue weighted by Crippen LogP contribution is 2.29. The van der Waals surface area contributed by atoms with Crippen LogP contribution in [0.4, 0.5) is 11.4 Å². The molecule has 0 unspecified atom stereocenters. The minimum absolute atomic E-state index is 0.125. The largest absolute Gasteiger partial charge is 0.439 e. The van der Waals surface area contributed by atoms with Crippen LogP contribution in [0.2, 0.25) is 10.0 Å². The summed E-state index contributed by atoms with van der Waals surface area (Å²) in [6, 6.07) is 18.8. The molecule has 2 heterocycles. The van der Waals surface area contributed by atoms with Crippen molar-refractivity contribution < 1.29 is 14.1 Å². The molecule has 0 aliphatic carbocycles. The van der Waals surface area contributed by atoms with Crippen LogP contribution in [0.3, 0.4) is 0 Å². The van der Waals surface area contributed by atoms with E-state index in [1.807, 2.05) is 6.07 Å². The van der Waals surface area contributed by atoms with Crippen LogP contribution < -0.4 is 16.4 Å². The van der Waals surface area contributed by atoms with Crippen LogP contribution in [0.25, 0.3) is 22.3 Å². The Morgan fingerprint density at radius 2 is 1.67 bits per heavy atom. The quantitative estimate of drug-likeness (QED) is 0.242. The normalized spacial score (nSPS) is 10.9. The van der Waals surface area contributed by atoms with E-state index in [2.05, 4.69) is 30.3 Å². The van der Waals surface area contributed by atoms with E-state index in [9.17, 15) is 14.4 Å². The number of nitrogens with one attached hydrogen (secondary N) is 4. The number of amides is 2. The van der Waals surface area contributed by atoms with E-state index in [1.165, 1.54) is 0 Å². The number of H-pyrrole nitrogens is 2. The Balaban J connectivity index is 1.38. The molecule has 180 valence electrons. The van der Waals surface area contributed by atoms with Crippen LogP contribution in [-0.2, 0) is 11.2 Å². The molecule has 3 aromatic carbocycles. The van der Waals surface area contributed by atoms with Crippen molar-refractivity contribution in [3.8, 4) is 11.4 Å². The summed E-state index contributed by atoms with van der Waals surface area (Å²) in [6.45, 7) is 0. The molecule has 0 aliphatic heterocycles. The maximum atomic E-state index is 13.1. The maximum absolute atomic E-state index is 13.1. The van der Waals surface area contributed by atoms with Crippen molar-refractivity contribution in [2.75, 3.05) is 10.6 Å². The lowest BCUT2D eigenvalue weighted by molar-refractivity contribution is -0.115. The van der Waals surface area contributed by atoms with Gasteiger partial charge in [0.15, 0.2) is 5.82 Å². The molecule has 0 saturated carbocycles. The van der Waals surface area contributed by atoms with Crippen LogP contribution in [0.15, 0.2) is 76.0 Å². The number of rotatable bonds is 6. The molecule has 0 atom stereocenters. The van der Waals surface area contributed by atoms with Crippen molar-refractivity contribution in [2.45, 2.75) is 6.42 Å². The minimum Gasteiger partial charge on any atom is -0.349 e. The van der Waals surface area contributed by atoms with Gasteiger partial charge in [-0.1, -0.05) is 52.6 Å². The van der Waals surface area contributed by atoms with E-state index in [0.717, 1.165) is 10.9 Å². The van der Waals surface area contributed by atoms with Gasteiger partial charge >= 0.3 is 5.76 Å². The highest BCUT2D eigenvalue weighted by molar-refractivity contribution is 6.31. The van der Waals surface area contributed by atoms with E-state index in [4.69, 9.17) is 23.2 Å². The first kappa shape index (κ1) is 23.4. The van der Waals surface area contributed by atoms with Gasteiger partial charge in [0.05, 0.1) is 23.3 Å². The monoisotopic (exact) mass is 521 g/mol. The Bertz CT molecular complexity index is 1650. The molecular formula is C25H17Cl2N5O4. The molecule has 5 rings (SSSR count). The van der Waals surface area contributed by atoms with Gasteiger partial charge in [-0.2, -0.15) is 0 Å². The predicted molar refractivity (Wildman–Crippen MR) is 138 cm³/mol. The van der Waals surface area contributed by atoms with Crippen LogP contribution in [0, 0.1) is 0 Å². The van der Waals surface area contributed by atoms with Gasteiger partial charge in [0.2, 0.25) is 5.91 Å². The predicted octanol–water partition coefficient (Wildman–Crippen LogP) is 5.25. The van der Waals surface area contributed by atoms with E-state index >= 15 is 0 Å². The number of carbonyl (C=O) groups excluding carboxylic acids is 2. The molecule has 9 nitrogen and oxygen atoms in total. The van der Waals surface area contributed by atoms with Crippen molar-refractivity contribution in [3.63, 3.8) is 0 Å². The van der Waals surface area contributed by atoms with Crippen molar-refractivity contribution in [1.29, 1.82) is 0 Å². The molecule has 11 heteroatoms. The molecule has 0 saturated heterocycles. The number of benzene rings is 3. The molecule has 4 N–H and O–H groups in total. The fraction of sp³-hybridized carbons (Fsp3) is 0.0400. The summed E-state index contributed by atoms with van der Waals surface area (Å²) in [4.78, 5) is 42.6. The summed E-state index contributed by atoms with van der Waals surface area (Å²) in [5, 5.41) is 11.1. The zero-order valence-electron chi connectivity index (χ0n) is 18.4. The number of aromatic amines is 2. The summed E-state index contributed by atoms with van der Waals surface area (Å²) in [5.74, 6) is -1.26. The molecule has 0 radical (unpaired) electrons. The van der Waals surface area contributed by atoms with Gasteiger partial charge in [-0.05, 0) is 48.0 Å². The Labute approximate surface area is 213 Å². The van der Waals surface area contributed by atoms with Crippen molar-refractivity contribution in [2.24, 2.45) is 0 Å². The number of hydrogen-bond donors (Lipinski definition) is 4. The Morgan fingerprint density at radius 1 is 0.889 bits per heavy atom.